The largest absolute Gasteiger partial charge is 0.467 e. The van der Waals surface area contributed by atoms with E-state index in [0.29, 0.717) is 0 Å². The molecular weight excluding hydrogens is 532 g/mol. The quantitative estimate of drug-likeness (QED) is 0.0781. The van der Waals surface area contributed by atoms with E-state index in [1.165, 1.54) is 14.2 Å². The number of esters is 2. The molecule has 0 aliphatic carbocycles. The molecule has 0 saturated heterocycles. The molecule has 12 heteroatoms. The summed E-state index contributed by atoms with van der Waals surface area (Å²) in [6, 6.07) is -1.49. The molecule has 0 aromatic rings. The van der Waals surface area contributed by atoms with E-state index in [9.17, 15) is 29.4 Å². The molecule has 0 bridgehead atoms. The average Bonchev–Trinajstić information content (AvgIpc) is 2.85. The van der Waals surface area contributed by atoms with Gasteiger partial charge in [-0.1, -0.05) is 73.6 Å². The lowest BCUT2D eigenvalue weighted by Crippen LogP contribution is -2.45. The summed E-state index contributed by atoms with van der Waals surface area (Å²) in [6.45, 7) is 7.19. The number of aliphatic hydroxyl groups excluding tert-OH is 2. The van der Waals surface area contributed by atoms with Crippen molar-refractivity contribution in [1.82, 2.24) is 10.6 Å². The first kappa shape index (κ1) is 36.0. The average molecular weight is 577 g/mol. The zero-order valence-electron chi connectivity index (χ0n) is 23.2. The molecule has 0 spiro atoms. The molecule has 4 unspecified atom stereocenters. The molecule has 0 aliphatic heterocycles. The molecule has 0 aromatic carbocycles. The van der Waals surface area contributed by atoms with Crippen LogP contribution >= 0.6 is 21.6 Å². The number of carbonyl (C=O) groups is 4. The van der Waals surface area contributed by atoms with Gasteiger partial charge in [0.1, 0.15) is 12.1 Å². The van der Waals surface area contributed by atoms with Gasteiger partial charge in [-0.15, -0.1) is 0 Å². The predicted octanol–water partition coefficient (Wildman–Crippen LogP) is 2.39. The van der Waals surface area contributed by atoms with Crippen LogP contribution in [0.2, 0.25) is 0 Å². The predicted molar refractivity (Wildman–Crippen MR) is 151 cm³/mol. The summed E-state index contributed by atoms with van der Waals surface area (Å²) in [6.07, 6.45) is 6.07. The summed E-state index contributed by atoms with van der Waals surface area (Å²) in [4.78, 5) is 47.6. The van der Waals surface area contributed by atoms with Crippen molar-refractivity contribution in [2.24, 2.45) is 11.8 Å². The minimum absolute atomic E-state index is 0.127. The van der Waals surface area contributed by atoms with Crippen LogP contribution in [0.3, 0.4) is 0 Å². The van der Waals surface area contributed by atoms with E-state index in [4.69, 9.17) is 0 Å². The summed E-state index contributed by atoms with van der Waals surface area (Å²) in [7, 11) is 5.87. The van der Waals surface area contributed by atoms with E-state index in [0.717, 1.165) is 24.3 Å². The Bertz CT molecular complexity index is 725. The molecule has 0 rings (SSSR count). The fourth-order valence-corrected chi connectivity index (χ4v) is 5.07. The number of allylic oxidation sites excluding steroid dienone is 2. The first-order valence-corrected chi connectivity index (χ1v) is 15.1. The Balaban J connectivity index is 4.06. The maximum atomic E-state index is 12.1. The fourth-order valence-electron chi connectivity index (χ4n) is 3.09. The van der Waals surface area contributed by atoms with Gasteiger partial charge in [0, 0.05) is 11.5 Å². The first-order chi connectivity index (χ1) is 17.9. The van der Waals surface area contributed by atoms with E-state index in [2.05, 4.69) is 20.1 Å². The summed E-state index contributed by atoms with van der Waals surface area (Å²) in [5.41, 5.74) is 0. The molecule has 4 N–H and O–H groups in total. The zero-order chi connectivity index (χ0) is 29.1. The highest BCUT2D eigenvalue weighted by Crippen LogP contribution is 2.23. The maximum Gasteiger partial charge on any atom is 0.328 e. The first-order valence-electron chi connectivity index (χ1n) is 12.6. The fraction of sp³-hybridized carbons (Fsp3) is 0.692. The number of ether oxygens (including phenoxy) is 2. The van der Waals surface area contributed by atoms with Gasteiger partial charge in [-0.05, 0) is 24.7 Å². The number of hydrogen-bond acceptors (Lipinski definition) is 10. The molecule has 0 heterocycles. The Morgan fingerprint density at radius 3 is 1.34 bits per heavy atom. The van der Waals surface area contributed by atoms with E-state index < -0.39 is 48.0 Å². The third-order valence-corrected chi connectivity index (χ3v) is 7.67. The summed E-state index contributed by atoms with van der Waals surface area (Å²) in [5, 5.41) is 25.2. The minimum atomic E-state index is -0.937. The summed E-state index contributed by atoms with van der Waals surface area (Å²) in [5.74, 6) is -0.482. The molecule has 2 amide bonds. The monoisotopic (exact) mass is 576 g/mol. The highest BCUT2D eigenvalue weighted by molar-refractivity contribution is 8.76. The standard InChI is InChI=1S/C26H44N2O8S2/c1-17(2)23(25(33)35-5)27-21(31)15-19(29)11-7-9-13-37-38-14-10-8-12-20(30)16-22(32)28-24(18(3)4)26(34)36-6/h7-8,11-12,17-20,23-24,29-30H,9-10,13-16H2,1-6H3,(H,27,31)(H,28,32). The number of amides is 2. The van der Waals surface area contributed by atoms with E-state index >= 15 is 0 Å². The number of rotatable bonds is 19. The van der Waals surface area contributed by atoms with Crippen LogP contribution in [0.5, 0.6) is 0 Å². The van der Waals surface area contributed by atoms with Crippen molar-refractivity contribution < 1.29 is 38.9 Å². The molecule has 0 radical (unpaired) electrons. The third-order valence-electron chi connectivity index (χ3n) is 5.20. The number of aliphatic hydroxyl groups is 2. The van der Waals surface area contributed by atoms with Gasteiger partial charge in [-0.25, -0.2) is 9.59 Å². The van der Waals surface area contributed by atoms with Crippen LogP contribution in [0.25, 0.3) is 0 Å². The summed E-state index contributed by atoms with van der Waals surface area (Å²) >= 11 is 0. The van der Waals surface area contributed by atoms with Crippen LogP contribution in [0.15, 0.2) is 24.3 Å². The Hall–Kier alpha value is -2.02. The van der Waals surface area contributed by atoms with Gasteiger partial charge in [0.2, 0.25) is 11.8 Å². The van der Waals surface area contributed by atoms with Crippen molar-refractivity contribution in [3.8, 4) is 0 Å². The van der Waals surface area contributed by atoms with Crippen molar-refractivity contribution in [1.29, 1.82) is 0 Å². The lowest BCUT2D eigenvalue weighted by atomic mass is 10.0. The van der Waals surface area contributed by atoms with Crippen molar-refractivity contribution in [2.75, 3.05) is 25.7 Å². The lowest BCUT2D eigenvalue weighted by molar-refractivity contribution is -0.146. The smallest absolute Gasteiger partial charge is 0.328 e. The Kier molecular flexibility index (Phi) is 19.8. The second-order valence-electron chi connectivity index (χ2n) is 9.25. The van der Waals surface area contributed by atoms with Gasteiger partial charge in [0.25, 0.3) is 0 Å². The highest BCUT2D eigenvalue weighted by atomic mass is 33.1. The van der Waals surface area contributed by atoms with Crippen molar-refractivity contribution >= 4 is 45.3 Å². The molecule has 0 aromatic heterocycles. The van der Waals surface area contributed by atoms with Gasteiger partial charge >= 0.3 is 11.9 Å². The summed E-state index contributed by atoms with van der Waals surface area (Å²) < 4.78 is 9.38. The zero-order valence-corrected chi connectivity index (χ0v) is 24.8. The van der Waals surface area contributed by atoms with Gasteiger partial charge in [0.05, 0.1) is 39.3 Å². The van der Waals surface area contributed by atoms with Gasteiger partial charge < -0.3 is 30.3 Å². The maximum absolute atomic E-state index is 12.1. The van der Waals surface area contributed by atoms with Crippen molar-refractivity contribution in [3.05, 3.63) is 24.3 Å². The second-order valence-corrected chi connectivity index (χ2v) is 11.9. The number of hydrogen-bond donors (Lipinski definition) is 4. The van der Waals surface area contributed by atoms with Crippen LogP contribution < -0.4 is 10.6 Å². The normalized spacial score (nSPS) is 14.9. The molecule has 4 atom stereocenters. The Morgan fingerprint density at radius 2 is 1.05 bits per heavy atom. The van der Waals surface area contributed by atoms with Crippen LogP contribution in [0.1, 0.15) is 53.4 Å². The van der Waals surface area contributed by atoms with E-state index in [-0.39, 0.29) is 24.7 Å². The minimum Gasteiger partial charge on any atom is -0.467 e. The lowest BCUT2D eigenvalue weighted by Gasteiger charge is -2.20. The van der Waals surface area contributed by atoms with Crippen molar-refractivity contribution in [3.63, 3.8) is 0 Å². The molecule has 0 aliphatic rings. The number of nitrogens with one attached hydrogen (secondary N) is 2. The molecule has 38 heavy (non-hydrogen) atoms. The third kappa shape index (κ3) is 16.7. The molecular formula is C26H44N2O8S2. The molecule has 218 valence electrons. The highest BCUT2D eigenvalue weighted by Gasteiger charge is 2.26. The number of methoxy groups -OCH3 is 2. The molecule has 0 fully saturated rings. The van der Waals surface area contributed by atoms with E-state index in [1.54, 1.807) is 61.4 Å². The van der Waals surface area contributed by atoms with Crippen LogP contribution in [0.4, 0.5) is 0 Å². The van der Waals surface area contributed by atoms with Gasteiger partial charge in [-0.3, -0.25) is 9.59 Å². The Morgan fingerprint density at radius 1 is 0.711 bits per heavy atom. The number of carbonyl (C=O) groups excluding carboxylic acids is 4. The topological polar surface area (TPSA) is 151 Å². The van der Waals surface area contributed by atoms with E-state index in [1.807, 2.05) is 12.2 Å². The van der Waals surface area contributed by atoms with Gasteiger partial charge in [0.15, 0.2) is 0 Å². The van der Waals surface area contributed by atoms with Crippen LogP contribution in [-0.2, 0) is 28.7 Å². The molecule has 0 saturated carbocycles. The Labute approximate surface area is 234 Å². The SMILES string of the molecule is COC(=O)C(NC(=O)CC(O)C=CCCSSCCC=CC(O)CC(=O)NC(C(=O)OC)C(C)C)C(C)C. The molecule has 10 nitrogen and oxygen atoms in total. The van der Waals surface area contributed by atoms with Crippen LogP contribution in [0, 0.1) is 11.8 Å². The van der Waals surface area contributed by atoms with Crippen LogP contribution in [-0.4, -0.2) is 84.0 Å². The van der Waals surface area contributed by atoms with Gasteiger partial charge in [-0.2, -0.15) is 0 Å². The second kappa shape index (κ2) is 20.9. The van der Waals surface area contributed by atoms with Crippen molar-refractivity contribution in [2.45, 2.75) is 77.7 Å².